The normalized spacial score (nSPS) is 30.8. The van der Waals surface area contributed by atoms with Crippen LogP contribution in [0.5, 0.6) is 0 Å². The van der Waals surface area contributed by atoms with E-state index in [-0.39, 0.29) is 17.9 Å². The van der Waals surface area contributed by atoms with E-state index in [4.69, 9.17) is 4.74 Å². The van der Waals surface area contributed by atoms with Crippen LogP contribution in [0.2, 0.25) is 0 Å². The van der Waals surface area contributed by atoms with E-state index in [1.165, 1.54) is 0 Å². The van der Waals surface area contributed by atoms with Crippen LogP contribution in [0.25, 0.3) is 0 Å². The molecule has 3 aliphatic rings. The predicted octanol–water partition coefficient (Wildman–Crippen LogP) is 0.554. The fourth-order valence-corrected chi connectivity index (χ4v) is 4.03. The summed E-state index contributed by atoms with van der Waals surface area (Å²) in [7, 11) is 1.84. The minimum Gasteiger partial charge on any atom is -0.368 e. The van der Waals surface area contributed by atoms with Gasteiger partial charge in [0.15, 0.2) is 0 Å². The number of carbonyl (C=O) groups is 2. The molecule has 0 saturated carbocycles. The molecular formula is C16H22N4O3. The zero-order valence-electron chi connectivity index (χ0n) is 13.4. The number of aromatic nitrogens is 2. The highest BCUT2D eigenvalue weighted by Gasteiger charge is 2.52. The Hall–Kier alpha value is -1.89. The van der Waals surface area contributed by atoms with Crippen molar-refractivity contribution >= 4 is 17.5 Å². The number of hydrogen-bond acceptors (Lipinski definition) is 4. The number of likely N-dealkylation sites (tertiary alicyclic amines) is 1. The number of ether oxygens (including phenoxy) is 1. The molecule has 7 nitrogen and oxygen atoms in total. The summed E-state index contributed by atoms with van der Waals surface area (Å²) in [6.07, 6.45) is 6.59. The average Bonchev–Trinajstić information content (AvgIpc) is 3.30. The number of amides is 2. The fraction of sp³-hybridized carbons (Fsp3) is 0.688. The van der Waals surface area contributed by atoms with Crippen molar-refractivity contribution in [3.8, 4) is 0 Å². The van der Waals surface area contributed by atoms with Crippen LogP contribution in [0.15, 0.2) is 12.4 Å². The molecule has 2 amide bonds. The van der Waals surface area contributed by atoms with Gasteiger partial charge in [-0.2, -0.15) is 5.10 Å². The summed E-state index contributed by atoms with van der Waals surface area (Å²) >= 11 is 0. The number of carbonyl (C=O) groups excluding carboxylic acids is 2. The summed E-state index contributed by atoms with van der Waals surface area (Å²) in [5, 5.41) is 4.15. The maximum absolute atomic E-state index is 12.9. The molecule has 7 heteroatoms. The van der Waals surface area contributed by atoms with Crippen LogP contribution in [0.4, 0.5) is 5.69 Å². The fourth-order valence-electron chi connectivity index (χ4n) is 4.03. The van der Waals surface area contributed by atoms with Crippen molar-refractivity contribution in [1.82, 2.24) is 14.7 Å². The Bertz CT molecular complexity index is 637. The monoisotopic (exact) mass is 318 g/mol. The zero-order valence-corrected chi connectivity index (χ0v) is 13.4. The van der Waals surface area contributed by atoms with Crippen molar-refractivity contribution < 1.29 is 14.3 Å². The third kappa shape index (κ3) is 2.34. The molecule has 124 valence electrons. The molecule has 23 heavy (non-hydrogen) atoms. The van der Waals surface area contributed by atoms with E-state index >= 15 is 0 Å². The molecule has 0 bridgehead atoms. The second-order valence-corrected chi connectivity index (χ2v) is 6.87. The van der Waals surface area contributed by atoms with Crippen molar-refractivity contribution in [1.29, 1.82) is 0 Å². The second kappa shape index (κ2) is 5.33. The molecule has 0 unspecified atom stereocenters. The largest absolute Gasteiger partial charge is 0.368 e. The van der Waals surface area contributed by atoms with Crippen molar-refractivity contribution in [3.63, 3.8) is 0 Å². The van der Waals surface area contributed by atoms with Crippen molar-refractivity contribution in [2.75, 3.05) is 31.1 Å². The standard InChI is InChI=1S/C16H22N4O3/c1-18-10-12(9-17-18)20-7-5-16(15(20)22)4-6-19(11-16)14(21)13-3-2-8-23-13/h9-10,13H,2-8,11H2,1H3/t13-,16+/m1/s1. The van der Waals surface area contributed by atoms with Gasteiger partial charge < -0.3 is 14.5 Å². The summed E-state index contributed by atoms with van der Waals surface area (Å²) < 4.78 is 7.20. The minimum atomic E-state index is -0.413. The van der Waals surface area contributed by atoms with Crippen LogP contribution in [0.1, 0.15) is 25.7 Å². The van der Waals surface area contributed by atoms with Crippen LogP contribution < -0.4 is 4.90 Å². The number of nitrogens with zero attached hydrogens (tertiary/aromatic N) is 4. The SMILES string of the molecule is Cn1cc(N2CC[C@]3(CCN(C(=O)[C@H]4CCCO4)C3)C2=O)cn1. The van der Waals surface area contributed by atoms with Crippen LogP contribution in [-0.2, 0) is 21.4 Å². The lowest BCUT2D eigenvalue weighted by atomic mass is 9.85. The first-order valence-corrected chi connectivity index (χ1v) is 8.30. The lowest BCUT2D eigenvalue weighted by Crippen LogP contribution is -2.41. The highest BCUT2D eigenvalue weighted by Crippen LogP contribution is 2.42. The Morgan fingerprint density at radius 2 is 2.22 bits per heavy atom. The molecular weight excluding hydrogens is 296 g/mol. The molecule has 4 heterocycles. The van der Waals surface area contributed by atoms with Gasteiger partial charge in [0, 0.05) is 39.5 Å². The molecule has 3 fully saturated rings. The molecule has 1 aromatic heterocycles. The van der Waals surface area contributed by atoms with E-state index in [1.54, 1.807) is 10.9 Å². The summed E-state index contributed by atoms with van der Waals surface area (Å²) in [5.74, 6) is 0.195. The van der Waals surface area contributed by atoms with Crippen LogP contribution >= 0.6 is 0 Å². The van der Waals surface area contributed by atoms with Gasteiger partial charge in [0.05, 0.1) is 17.3 Å². The van der Waals surface area contributed by atoms with Crippen LogP contribution in [0, 0.1) is 5.41 Å². The Balaban J connectivity index is 1.47. The molecule has 1 spiro atoms. The van der Waals surface area contributed by atoms with Gasteiger partial charge in [0.2, 0.25) is 5.91 Å². The minimum absolute atomic E-state index is 0.0620. The van der Waals surface area contributed by atoms with Gasteiger partial charge in [0.1, 0.15) is 6.10 Å². The third-order valence-corrected chi connectivity index (χ3v) is 5.39. The first kappa shape index (κ1) is 14.7. The maximum atomic E-state index is 12.9. The number of anilines is 1. The van der Waals surface area contributed by atoms with Gasteiger partial charge >= 0.3 is 0 Å². The van der Waals surface area contributed by atoms with E-state index < -0.39 is 5.41 Å². The van der Waals surface area contributed by atoms with Gasteiger partial charge in [-0.3, -0.25) is 14.3 Å². The molecule has 4 rings (SSSR count). The third-order valence-electron chi connectivity index (χ3n) is 5.39. The van der Waals surface area contributed by atoms with Crippen LogP contribution in [0.3, 0.4) is 0 Å². The Morgan fingerprint density at radius 3 is 2.91 bits per heavy atom. The molecule has 1 aromatic rings. The summed E-state index contributed by atoms with van der Waals surface area (Å²) in [5.41, 5.74) is 0.433. The molecule has 3 saturated heterocycles. The van der Waals surface area contributed by atoms with E-state index in [0.717, 1.165) is 31.4 Å². The van der Waals surface area contributed by atoms with Crippen molar-refractivity contribution in [2.24, 2.45) is 12.5 Å². The van der Waals surface area contributed by atoms with E-state index in [0.29, 0.717) is 26.2 Å². The second-order valence-electron chi connectivity index (χ2n) is 6.87. The summed E-state index contributed by atoms with van der Waals surface area (Å²) in [6.45, 7) is 2.56. The zero-order chi connectivity index (χ0) is 16.0. The first-order chi connectivity index (χ1) is 11.1. The Morgan fingerprint density at radius 1 is 1.39 bits per heavy atom. The van der Waals surface area contributed by atoms with Gasteiger partial charge in [-0.05, 0) is 25.7 Å². The lowest BCUT2D eigenvalue weighted by molar-refractivity contribution is -0.140. The number of rotatable bonds is 2. The molecule has 3 aliphatic heterocycles. The smallest absolute Gasteiger partial charge is 0.251 e. The predicted molar refractivity (Wildman–Crippen MR) is 82.8 cm³/mol. The van der Waals surface area contributed by atoms with E-state index in [9.17, 15) is 9.59 Å². The average molecular weight is 318 g/mol. The highest BCUT2D eigenvalue weighted by molar-refractivity contribution is 6.00. The van der Waals surface area contributed by atoms with Crippen molar-refractivity contribution in [3.05, 3.63) is 12.4 Å². The quantitative estimate of drug-likeness (QED) is 0.799. The molecule has 0 radical (unpaired) electrons. The van der Waals surface area contributed by atoms with Crippen LogP contribution in [-0.4, -0.2) is 58.8 Å². The maximum Gasteiger partial charge on any atom is 0.251 e. The van der Waals surface area contributed by atoms with Crippen molar-refractivity contribution in [2.45, 2.75) is 31.8 Å². The topological polar surface area (TPSA) is 67.7 Å². The summed E-state index contributed by atoms with van der Waals surface area (Å²) in [6, 6.07) is 0. The Kier molecular flexibility index (Phi) is 3.41. The number of aryl methyl sites for hydroxylation is 1. The Labute approximate surface area is 135 Å². The number of hydrogen-bond donors (Lipinski definition) is 0. The molecule has 0 aliphatic carbocycles. The molecule has 0 N–H and O–H groups in total. The first-order valence-electron chi connectivity index (χ1n) is 8.30. The van der Waals surface area contributed by atoms with Gasteiger partial charge in [-0.25, -0.2) is 0 Å². The summed E-state index contributed by atoms with van der Waals surface area (Å²) in [4.78, 5) is 29.1. The van der Waals surface area contributed by atoms with Gasteiger partial charge in [-0.1, -0.05) is 0 Å². The van der Waals surface area contributed by atoms with E-state index in [1.807, 2.05) is 23.0 Å². The lowest BCUT2D eigenvalue weighted by Gasteiger charge is -2.24. The van der Waals surface area contributed by atoms with E-state index in [2.05, 4.69) is 5.10 Å². The molecule has 0 aromatic carbocycles. The van der Waals surface area contributed by atoms with Gasteiger partial charge in [-0.15, -0.1) is 0 Å². The van der Waals surface area contributed by atoms with Gasteiger partial charge in [0.25, 0.3) is 5.91 Å². The highest BCUT2D eigenvalue weighted by atomic mass is 16.5. The molecule has 2 atom stereocenters.